The van der Waals surface area contributed by atoms with Gasteiger partial charge in [-0.05, 0) is 18.2 Å². The number of rotatable bonds is 4. The number of amides is 2. The zero-order valence-corrected chi connectivity index (χ0v) is 12.2. The van der Waals surface area contributed by atoms with Crippen molar-refractivity contribution < 1.29 is 14.3 Å². The molecule has 2 amide bonds. The maximum atomic E-state index is 12.3. The Hall–Kier alpha value is -2.76. The minimum atomic E-state index is -0.567. The molecule has 6 heteroatoms. The lowest BCUT2D eigenvalue weighted by Crippen LogP contribution is -2.52. The average Bonchev–Trinajstić information content (AvgIpc) is 3.02. The molecule has 1 aliphatic heterocycles. The van der Waals surface area contributed by atoms with Crippen LogP contribution in [0, 0.1) is 0 Å². The van der Waals surface area contributed by atoms with Crippen LogP contribution in [0.4, 0.5) is 0 Å². The van der Waals surface area contributed by atoms with Gasteiger partial charge in [-0.25, -0.2) is 0 Å². The second kappa shape index (κ2) is 5.93. The summed E-state index contributed by atoms with van der Waals surface area (Å²) >= 11 is 0. The number of para-hydroxylation sites is 1. The first-order valence-corrected chi connectivity index (χ1v) is 7.04. The van der Waals surface area contributed by atoms with Crippen LogP contribution < -0.4 is 15.4 Å². The molecule has 1 aromatic heterocycles. The maximum absolute atomic E-state index is 12.3. The van der Waals surface area contributed by atoms with Crippen LogP contribution >= 0.6 is 0 Å². The molecular weight excluding hydrogens is 282 g/mol. The van der Waals surface area contributed by atoms with Crippen LogP contribution in [0.25, 0.3) is 0 Å². The summed E-state index contributed by atoms with van der Waals surface area (Å²) in [4.78, 5) is 24.2. The largest absolute Gasteiger partial charge is 0.496 e. The third-order valence-electron chi connectivity index (χ3n) is 3.71. The van der Waals surface area contributed by atoms with Crippen molar-refractivity contribution >= 4 is 11.8 Å². The van der Waals surface area contributed by atoms with Crippen molar-refractivity contribution in [3.63, 3.8) is 0 Å². The molecule has 1 atom stereocenters. The summed E-state index contributed by atoms with van der Waals surface area (Å²) in [6.45, 7) is 0.791. The van der Waals surface area contributed by atoms with E-state index in [0.29, 0.717) is 18.8 Å². The SMILES string of the molecule is COc1ccccc1CNC(=O)C1Cn2cccc2C(=O)N1. The molecule has 0 fully saturated rings. The number of nitrogens with one attached hydrogen (secondary N) is 2. The van der Waals surface area contributed by atoms with Gasteiger partial charge < -0.3 is 19.9 Å². The molecule has 114 valence electrons. The van der Waals surface area contributed by atoms with Crippen molar-refractivity contribution in [2.45, 2.75) is 19.1 Å². The Morgan fingerprint density at radius 1 is 1.36 bits per heavy atom. The van der Waals surface area contributed by atoms with E-state index in [0.717, 1.165) is 11.3 Å². The molecule has 2 N–H and O–H groups in total. The summed E-state index contributed by atoms with van der Waals surface area (Å²) < 4.78 is 7.03. The summed E-state index contributed by atoms with van der Waals surface area (Å²) in [6.07, 6.45) is 1.80. The summed E-state index contributed by atoms with van der Waals surface area (Å²) in [5.41, 5.74) is 1.47. The lowest BCUT2D eigenvalue weighted by atomic mass is 10.1. The highest BCUT2D eigenvalue weighted by molar-refractivity contribution is 5.97. The number of hydrogen-bond donors (Lipinski definition) is 2. The molecule has 3 rings (SSSR count). The average molecular weight is 299 g/mol. The Labute approximate surface area is 128 Å². The topological polar surface area (TPSA) is 72.4 Å². The van der Waals surface area contributed by atoms with E-state index in [4.69, 9.17) is 4.74 Å². The zero-order chi connectivity index (χ0) is 15.5. The van der Waals surface area contributed by atoms with Gasteiger partial charge in [-0.15, -0.1) is 0 Å². The second-order valence-corrected chi connectivity index (χ2v) is 5.10. The number of carbonyl (C=O) groups is 2. The van der Waals surface area contributed by atoms with E-state index in [2.05, 4.69) is 10.6 Å². The van der Waals surface area contributed by atoms with E-state index < -0.39 is 6.04 Å². The molecule has 0 saturated heterocycles. The van der Waals surface area contributed by atoms with Crippen LogP contribution in [0.5, 0.6) is 5.75 Å². The molecule has 1 aromatic carbocycles. The summed E-state index contributed by atoms with van der Waals surface area (Å²) in [5, 5.41) is 5.56. The molecule has 6 nitrogen and oxygen atoms in total. The van der Waals surface area contributed by atoms with E-state index in [1.165, 1.54) is 0 Å². The molecule has 0 aliphatic carbocycles. The minimum absolute atomic E-state index is 0.210. The van der Waals surface area contributed by atoms with E-state index >= 15 is 0 Å². The Morgan fingerprint density at radius 3 is 3.00 bits per heavy atom. The van der Waals surface area contributed by atoms with Crippen LogP contribution in [0.1, 0.15) is 16.1 Å². The van der Waals surface area contributed by atoms with Crippen LogP contribution in [-0.2, 0) is 17.9 Å². The molecular formula is C16H17N3O3. The number of benzene rings is 1. The highest BCUT2D eigenvalue weighted by Gasteiger charge is 2.28. The van der Waals surface area contributed by atoms with Gasteiger partial charge in [0.15, 0.2) is 0 Å². The number of ether oxygens (including phenoxy) is 1. The van der Waals surface area contributed by atoms with Crippen LogP contribution in [-0.4, -0.2) is 29.5 Å². The molecule has 2 heterocycles. The number of fused-ring (bicyclic) bond motifs is 1. The maximum Gasteiger partial charge on any atom is 0.268 e. The van der Waals surface area contributed by atoms with Crippen molar-refractivity contribution in [2.75, 3.05) is 7.11 Å². The van der Waals surface area contributed by atoms with Crippen LogP contribution in [0.3, 0.4) is 0 Å². The Kier molecular flexibility index (Phi) is 3.82. The van der Waals surface area contributed by atoms with Gasteiger partial charge in [0, 0.05) is 18.3 Å². The van der Waals surface area contributed by atoms with Crippen LogP contribution in [0.2, 0.25) is 0 Å². The lowest BCUT2D eigenvalue weighted by molar-refractivity contribution is -0.123. The first kappa shape index (κ1) is 14.2. The predicted octanol–water partition coefficient (Wildman–Crippen LogP) is 0.925. The van der Waals surface area contributed by atoms with Crippen molar-refractivity contribution in [2.24, 2.45) is 0 Å². The third kappa shape index (κ3) is 2.67. The van der Waals surface area contributed by atoms with Crippen molar-refractivity contribution in [3.05, 3.63) is 53.9 Å². The van der Waals surface area contributed by atoms with Gasteiger partial charge in [0.05, 0.1) is 13.7 Å². The number of nitrogens with zero attached hydrogens (tertiary/aromatic N) is 1. The molecule has 1 aliphatic rings. The van der Waals surface area contributed by atoms with Gasteiger partial charge in [-0.1, -0.05) is 18.2 Å². The first-order valence-electron chi connectivity index (χ1n) is 7.04. The van der Waals surface area contributed by atoms with Crippen molar-refractivity contribution in [3.8, 4) is 5.75 Å². The molecule has 0 bridgehead atoms. The van der Waals surface area contributed by atoms with E-state index in [-0.39, 0.29) is 11.8 Å². The summed E-state index contributed by atoms with van der Waals surface area (Å²) in [5.74, 6) is 0.287. The van der Waals surface area contributed by atoms with Crippen molar-refractivity contribution in [1.29, 1.82) is 0 Å². The van der Waals surface area contributed by atoms with Gasteiger partial charge in [-0.2, -0.15) is 0 Å². The monoisotopic (exact) mass is 299 g/mol. The third-order valence-corrected chi connectivity index (χ3v) is 3.71. The molecule has 0 saturated carbocycles. The number of aromatic nitrogens is 1. The highest BCUT2D eigenvalue weighted by atomic mass is 16.5. The number of carbonyl (C=O) groups excluding carboxylic acids is 2. The Bertz CT molecular complexity index is 708. The van der Waals surface area contributed by atoms with E-state index in [1.807, 2.05) is 24.3 Å². The molecule has 2 aromatic rings. The van der Waals surface area contributed by atoms with E-state index in [9.17, 15) is 9.59 Å². The minimum Gasteiger partial charge on any atom is -0.496 e. The Balaban J connectivity index is 1.65. The Morgan fingerprint density at radius 2 is 2.18 bits per heavy atom. The van der Waals surface area contributed by atoms with Gasteiger partial charge in [0.1, 0.15) is 17.5 Å². The zero-order valence-electron chi connectivity index (χ0n) is 12.2. The smallest absolute Gasteiger partial charge is 0.268 e. The van der Waals surface area contributed by atoms with Gasteiger partial charge in [0.2, 0.25) is 5.91 Å². The molecule has 22 heavy (non-hydrogen) atoms. The predicted molar refractivity (Wildman–Crippen MR) is 80.5 cm³/mol. The molecule has 0 spiro atoms. The van der Waals surface area contributed by atoms with Gasteiger partial charge >= 0.3 is 0 Å². The molecule has 1 unspecified atom stereocenters. The van der Waals surface area contributed by atoms with Crippen LogP contribution in [0.15, 0.2) is 42.6 Å². The first-order chi connectivity index (χ1) is 10.7. The van der Waals surface area contributed by atoms with Gasteiger partial charge in [-0.3, -0.25) is 9.59 Å². The van der Waals surface area contributed by atoms with Crippen molar-refractivity contribution in [1.82, 2.24) is 15.2 Å². The summed E-state index contributed by atoms with van der Waals surface area (Å²) in [7, 11) is 1.59. The fourth-order valence-corrected chi connectivity index (χ4v) is 2.56. The number of methoxy groups -OCH3 is 1. The van der Waals surface area contributed by atoms with Gasteiger partial charge in [0.25, 0.3) is 5.91 Å². The normalized spacial score (nSPS) is 16.6. The number of hydrogen-bond acceptors (Lipinski definition) is 3. The van der Waals surface area contributed by atoms with E-state index in [1.54, 1.807) is 30.0 Å². The highest BCUT2D eigenvalue weighted by Crippen LogP contribution is 2.17. The molecule has 0 radical (unpaired) electrons. The fourth-order valence-electron chi connectivity index (χ4n) is 2.56. The quantitative estimate of drug-likeness (QED) is 0.882. The summed E-state index contributed by atoms with van der Waals surface area (Å²) in [6, 6.07) is 10.5. The lowest BCUT2D eigenvalue weighted by Gasteiger charge is -2.25. The fraction of sp³-hybridized carbons (Fsp3) is 0.250. The standard InChI is InChI=1S/C16H17N3O3/c1-22-14-7-3-2-5-11(14)9-17-15(20)12-10-19-8-4-6-13(19)16(21)18-12/h2-8,12H,9-10H2,1H3,(H,17,20)(H,18,21). The second-order valence-electron chi connectivity index (χ2n) is 5.10.